The molecular weight excluding hydrogens is 352 g/mol. The van der Waals surface area contributed by atoms with Crippen LogP contribution in [0.25, 0.3) is 16.9 Å². The Morgan fingerprint density at radius 1 is 1.15 bits per heavy atom. The minimum atomic E-state index is -0.358. The van der Waals surface area contributed by atoms with Crippen molar-refractivity contribution < 1.29 is 0 Å². The predicted octanol–water partition coefficient (Wildman–Crippen LogP) is 3.53. The molecule has 0 N–H and O–H groups in total. The van der Waals surface area contributed by atoms with Crippen molar-refractivity contribution >= 4 is 22.8 Å². The van der Waals surface area contributed by atoms with Gasteiger partial charge in [0.05, 0.1) is 17.0 Å². The molecule has 2 aromatic heterocycles. The first-order valence-corrected chi connectivity index (χ1v) is 9.48. The van der Waals surface area contributed by atoms with Gasteiger partial charge in [-0.15, -0.1) is 0 Å². The van der Waals surface area contributed by atoms with Crippen LogP contribution in [-0.4, -0.2) is 18.7 Å². The molecule has 4 rings (SSSR count). The van der Waals surface area contributed by atoms with E-state index in [1.807, 2.05) is 19.1 Å². The molecule has 26 heavy (non-hydrogen) atoms. The zero-order valence-corrected chi connectivity index (χ0v) is 15.4. The molecule has 1 aromatic carbocycles. The molecule has 1 aliphatic carbocycles. The summed E-state index contributed by atoms with van der Waals surface area (Å²) in [6, 6.07) is 7.09. The van der Waals surface area contributed by atoms with Crippen molar-refractivity contribution in [2.45, 2.75) is 51.6 Å². The number of aryl methyl sites for hydroxylation is 1. The van der Waals surface area contributed by atoms with Crippen LogP contribution in [-0.2, 0) is 6.54 Å². The van der Waals surface area contributed by atoms with Crippen LogP contribution in [0.2, 0.25) is 5.02 Å². The Kier molecular flexibility index (Phi) is 4.44. The van der Waals surface area contributed by atoms with Crippen LogP contribution in [0.1, 0.15) is 45.1 Å². The summed E-state index contributed by atoms with van der Waals surface area (Å²) in [6.07, 6.45) is 6.54. The van der Waals surface area contributed by atoms with Gasteiger partial charge in [0.2, 0.25) is 0 Å². The first kappa shape index (κ1) is 17.1. The minimum absolute atomic E-state index is 0.0675. The van der Waals surface area contributed by atoms with Gasteiger partial charge in [0.1, 0.15) is 0 Å². The third-order valence-corrected chi connectivity index (χ3v) is 5.54. The summed E-state index contributed by atoms with van der Waals surface area (Å²) in [4.78, 5) is 31.0. The van der Waals surface area contributed by atoms with Gasteiger partial charge in [-0.3, -0.25) is 9.36 Å². The Morgan fingerprint density at radius 3 is 2.58 bits per heavy atom. The lowest BCUT2D eigenvalue weighted by Gasteiger charge is -2.24. The number of hydrogen-bond donors (Lipinski definition) is 0. The first-order chi connectivity index (χ1) is 12.6. The summed E-state index contributed by atoms with van der Waals surface area (Å²) in [5.74, 6) is 0. The summed E-state index contributed by atoms with van der Waals surface area (Å²) in [5.41, 5.74) is 0.762. The van der Waals surface area contributed by atoms with Crippen molar-refractivity contribution in [1.82, 2.24) is 18.7 Å². The van der Waals surface area contributed by atoms with Crippen molar-refractivity contribution in [1.29, 1.82) is 0 Å². The molecule has 0 bridgehead atoms. The van der Waals surface area contributed by atoms with Gasteiger partial charge >= 0.3 is 5.69 Å². The molecule has 3 aromatic rings. The van der Waals surface area contributed by atoms with E-state index in [0.717, 1.165) is 32.1 Å². The average Bonchev–Trinajstić information content (AvgIpc) is 3.08. The summed E-state index contributed by atoms with van der Waals surface area (Å²) >= 11 is 6.37. The van der Waals surface area contributed by atoms with Crippen molar-refractivity contribution in [3.05, 3.63) is 56.5 Å². The number of rotatable bonds is 3. The molecule has 7 heteroatoms. The summed E-state index contributed by atoms with van der Waals surface area (Å²) in [5, 5.41) is 0.454. The Labute approximate surface area is 155 Å². The summed E-state index contributed by atoms with van der Waals surface area (Å²) in [7, 11) is 0. The Morgan fingerprint density at radius 2 is 1.88 bits per heavy atom. The maximum absolute atomic E-state index is 13.4. The van der Waals surface area contributed by atoms with E-state index in [9.17, 15) is 9.59 Å². The van der Waals surface area contributed by atoms with Crippen molar-refractivity contribution in [3.8, 4) is 5.69 Å². The second kappa shape index (κ2) is 6.76. The Hall–Kier alpha value is -2.34. The van der Waals surface area contributed by atoms with Crippen LogP contribution < -0.4 is 11.2 Å². The molecule has 1 saturated carbocycles. The average molecular weight is 373 g/mol. The predicted molar refractivity (Wildman–Crippen MR) is 102 cm³/mol. The molecule has 0 radical (unpaired) electrons. The van der Waals surface area contributed by atoms with Gasteiger partial charge in [-0.1, -0.05) is 43.0 Å². The first-order valence-electron chi connectivity index (χ1n) is 9.10. The number of aromatic nitrogens is 4. The molecular formula is C19H21ClN4O2. The number of halogens is 1. The van der Waals surface area contributed by atoms with Gasteiger partial charge in [-0.05, 0) is 31.9 Å². The lowest BCUT2D eigenvalue weighted by Crippen LogP contribution is -2.43. The van der Waals surface area contributed by atoms with Crippen LogP contribution in [0.15, 0.2) is 40.2 Å². The summed E-state index contributed by atoms with van der Waals surface area (Å²) in [6.45, 7) is 2.56. The van der Waals surface area contributed by atoms with Crippen LogP contribution in [0.5, 0.6) is 0 Å². The fraction of sp³-hybridized carbons (Fsp3) is 0.421. The lowest BCUT2D eigenvalue weighted by molar-refractivity contribution is 0.335. The standard InChI is InChI=1S/C19H21ClN4O2/c1-2-22-12-21-17-16(22)18(25)23(13-8-4-3-5-9-13)19(26)24(17)15-11-7-6-10-14(15)20/h6-7,10-13H,2-5,8-9H2,1H3. The highest BCUT2D eigenvalue weighted by Gasteiger charge is 2.25. The van der Waals surface area contributed by atoms with Gasteiger partial charge in [0.25, 0.3) is 5.56 Å². The van der Waals surface area contributed by atoms with Gasteiger partial charge < -0.3 is 4.57 Å². The molecule has 1 fully saturated rings. The fourth-order valence-electron chi connectivity index (χ4n) is 3.90. The van der Waals surface area contributed by atoms with Crippen molar-refractivity contribution in [2.24, 2.45) is 0 Å². The third kappa shape index (κ3) is 2.60. The largest absolute Gasteiger partial charge is 0.337 e. The van der Waals surface area contributed by atoms with Crippen LogP contribution in [0.4, 0.5) is 0 Å². The van der Waals surface area contributed by atoms with Crippen LogP contribution in [0, 0.1) is 0 Å². The maximum atomic E-state index is 13.4. The number of para-hydroxylation sites is 1. The van der Waals surface area contributed by atoms with E-state index in [-0.39, 0.29) is 17.3 Å². The van der Waals surface area contributed by atoms with Crippen molar-refractivity contribution in [2.75, 3.05) is 0 Å². The topological polar surface area (TPSA) is 61.8 Å². The Balaban J connectivity index is 2.11. The van der Waals surface area contributed by atoms with E-state index in [1.165, 1.54) is 9.13 Å². The van der Waals surface area contributed by atoms with E-state index in [4.69, 9.17) is 11.6 Å². The molecule has 6 nitrogen and oxygen atoms in total. The van der Waals surface area contributed by atoms with E-state index >= 15 is 0 Å². The van der Waals surface area contributed by atoms with E-state index < -0.39 is 0 Å². The molecule has 0 aliphatic heterocycles. The third-order valence-electron chi connectivity index (χ3n) is 5.22. The number of benzene rings is 1. The monoisotopic (exact) mass is 372 g/mol. The second-order valence-corrected chi connectivity index (χ2v) is 7.15. The zero-order chi connectivity index (χ0) is 18.3. The van der Waals surface area contributed by atoms with Crippen molar-refractivity contribution in [3.63, 3.8) is 0 Å². The summed E-state index contributed by atoms with van der Waals surface area (Å²) < 4.78 is 4.71. The number of hydrogen-bond acceptors (Lipinski definition) is 3. The van der Waals surface area contributed by atoms with E-state index in [2.05, 4.69) is 4.98 Å². The van der Waals surface area contributed by atoms with Crippen LogP contribution >= 0.6 is 11.6 Å². The number of fused-ring (bicyclic) bond motifs is 1. The highest BCUT2D eigenvalue weighted by molar-refractivity contribution is 6.32. The molecule has 0 saturated heterocycles. The number of nitrogens with zero attached hydrogens (tertiary/aromatic N) is 4. The van der Waals surface area contributed by atoms with Crippen LogP contribution in [0.3, 0.4) is 0 Å². The second-order valence-electron chi connectivity index (χ2n) is 6.74. The maximum Gasteiger partial charge on any atom is 0.337 e. The smallest absolute Gasteiger partial charge is 0.325 e. The fourth-order valence-corrected chi connectivity index (χ4v) is 4.12. The Bertz CT molecular complexity index is 1070. The molecule has 0 atom stereocenters. The molecule has 136 valence electrons. The highest BCUT2D eigenvalue weighted by atomic mass is 35.5. The van der Waals surface area contributed by atoms with Gasteiger partial charge in [-0.2, -0.15) is 0 Å². The molecule has 0 unspecified atom stereocenters. The molecule has 1 aliphatic rings. The van der Waals surface area contributed by atoms with Gasteiger partial charge in [0, 0.05) is 12.6 Å². The van der Waals surface area contributed by atoms with E-state index in [1.54, 1.807) is 23.0 Å². The normalized spacial score (nSPS) is 15.6. The molecule has 0 spiro atoms. The lowest BCUT2D eigenvalue weighted by atomic mass is 9.95. The van der Waals surface area contributed by atoms with Gasteiger partial charge in [-0.25, -0.2) is 14.3 Å². The molecule has 2 heterocycles. The minimum Gasteiger partial charge on any atom is -0.325 e. The van der Waals surface area contributed by atoms with Gasteiger partial charge in [0.15, 0.2) is 11.2 Å². The quantitative estimate of drug-likeness (QED) is 0.706. The number of imidazole rings is 1. The molecule has 0 amide bonds. The van der Waals surface area contributed by atoms with E-state index in [0.29, 0.717) is 28.4 Å². The SMILES string of the molecule is CCn1cnc2c1c(=O)n(C1CCCCC1)c(=O)n2-c1ccccc1Cl. The zero-order valence-electron chi connectivity index (χ0n) is 14.7. The highest BCUT2D eigenvalue weighted by Crippen LogP contribution is 2.27.